The van der Waals surface area contributed by atoms with Crippen LogP contribution in [-0.2, 0) is 12.0 Å². The topological polar surface area (TPSA) is 50.9 Å². The number of rotatable bonds is 3. The van der Waals surface area contributed by atoms with Gasteiger partial charge in [0, 0.05) is 12.8 Å². The summed E-state index contributed by atoms with van der Waals surface area (Å²) in [5.41, 5.74) is 0.939. The lowest BCUT2D eigenvalue weighted by Gasteiger charge is -2.17. The van der Waals surface area contributed by atoms with Crippen LogP contribution in [0.4, 0.5) is 0 Å². The number of aryl methyl sites for hydroxylation is 1. The minimum absolute atomic E-state index is 0.00946. The molecule has 1 N–H and O–H groups in total. The van der Waals surface area contributed by atoms with E-state index in [1.165, 1.54) is 0 Å². The van der Waals surface area contributed by atoms with Gasteiger partial charge in [0.05, 0.1) is 11.2 Å². The standard InChI is InChI=1S/C9H17N3O/c1-9(2,3)12-7-8(10-11-12)5-4-6-13/h7,13H,4-6H2,1-3H3. The monoisotopic (exact) mass is 183 g/mol. The minimum atomic E-state index is -0.00946. The Hall–Kier alpha value is -0.900. The van der Waals surface area contributed by atoms with E-state index in [1.54, 1.807) is 0 Å². The van der Waals surface area contributed by atoms with Crippen molar-refractivity contribution in [3.63, 3.8) is 0 Å². The first-order valence-electron chi connectivity index (χ1n) is 4.56. The van der Waals surface area contributed by atoms with Gasteiger partial charge in [0.2, 0.25) is 0 Å². The molecule has 4 heteroatoms. The predicted octanol–water partition coefficient (Wildman–Crippen LogP) is 0.958. The van der Waals surface area contributed by atoms with Crippen LogP contribution in [0.15, 0.2) is 6.20 Å². The van der Waals surface area contributed by atoms with E-state index in [0.717, 1.165) is 18.5 Å². The average Bonchev–Trinajstić information content (AvgIpc) is 2.47. The quantitative estimate of drug-likeness (QED) is 0.759. The van der Waals surface area contributed by atoms with Crippen molar-refractivity contribution in [3.8, 4) is 0 Å². The number of hydrogen-bond donors (Lipinski definition) is 1. The van der Waals surface area contributed by atoms with E-state index in [1.807, 2.05) is 10.9 Å². The van der Waals surface area contributed by atoms with E-state index in [4.69, 9.17) is 5.11 Å². The maximum Gasteiger partial charge on any atom is 0.0828 e. The normalized spacial score (nSPS) is 12.0. The van der Waals surface area contributed by atoms with Crippen molar-refractivity contribution in [2.45, 2.75) is 39.2 Å². The highest BCUT2D eigenvalue weighted by molar-refractivity contribution is 4.94. The number of aliphatic hydroxyl groups excluding tert-OH is 1. The third kappa shape index (κ3) is 2.81. The van der Waals surface area contributed by atoms with Crippen molar-refractivity contribution in [2.24, 2.45) is 0 Å². The molecule has 0 aliphatic carbocycles. The summed E-state index contributed by atoms with van der Waals surface area (Å²) in [6.45, 7) is 6.45. The van der Waals surface area contributed by atoms with E-state index >= 15 is 0 Å². The van der Waals surface area contributed by atoms with Crippen LogP contribution in [0.2, 0.25) is 0 Å². The zero-order chi connectivity index (χ0) is 9.90. The van der Waals surface area contributed by atoms with Crippen molar-refractivity contribution in [2.75, 3.05) is 6.61 Å². The number of aromatic nitrogens is 3. The number of aliphatic hydroxyl groups is 1. The van der Waals surface area contributed by atoms with Crippen LogP contribution in [-0.4, -0.2) is 26.7 Å². The molecule has 4 nitrogen and oxygen atoms in total. The molecule has 74 valence electrons. The van der Waals surface area contributed by atoms with Gasteiger partial charge in [-0.15, -0.1) is 5.10 Å². The van der Waals surface area contributed by atoms with E-state index in [0.29, 0.717) is 0 Å². The lowest BCUT2D eigenvalue weighted by molar-refractivity contribution is 0.288. The lowest BCUT2D eigenvalue weighted by Crippen LogP contribution is -2.22. The Morgan fingerprint density at radius 1 is 1.46 bits per heavy atom. The Balaban J connectivity index is 2.64. The van der Waals surface area contributed by atoms with Crippen molar-refractivity contribution < 1.29 is 5.11 Å². The molecular weight excluding hydrogens is 166 g/mol. The fourth-order valence-corrected chi connectivity index (χ4v) is 1.00. The van der Waals surface area contributed by atoms with Gasteiger partial charge in [-0.05, 0) is 33.6 Å². The molecule has 13 heavy (non-hydrogen) atoms. The van der Waals surface area contributed by atoms with Gasteiger partial charge in [-0.1, -0.05) is 5.21 Å². The van der Waals surface area contributed by atoms with Gasteiger partial charge in [-0.3, -0.25) is 0 Å². The summed E-state index contributed by atoms with van der Waals surface area (Å²) in [4.78, 5) is 0. The molecule has 0 radical (unpaired) electrons. The Morgan fingerprint density at radius 2 is 2.15 bits per heavy atom. The van der Waals surface area contributed by atoms with Crippen LogP contribution in [0, 0.1) is 0 Å². The zero-order valence-electron chi connectivity index (χ0n) is 8.49. The fraction of sp³-hybridized carbons (Fsp3) is 0.778. The SMILES string of the molecule is CC(C)(C)n1cc(CCCO)nn1. The Labute approximate surface area is 78.6 Å². The molecule has 0 saturated heterocycles. The summed E-state index contributed by atoms with van der Waals surface area (Å²) in [5, 5.41) is 16.7. The van der Waals surface area contributed by atoms with Gasteiger partial charge in [0.1, 0.15) is 0 Å². The molecule has 1 aromatic rings. The highest BCUT2D eigenvalue weighted by atomic mass is 16.2. The second kappa shape index (κ2) is 3.87. The third-order valence-electron chi connectivity index (χ3n) is 1.82. The van der Waals surface area contributed by atoms with E-state index in [2.05, 4.69) is 31.1 Å². The Kier molecular flexibility index (Phi) is 3.03. The number of hydrogen-bond acceptors (Lipinski definition) is 3. The van der Waals surface area contributed by atoms with Crippen LogP contribution < -0.4 is 0 Å². The average molecular weight is 183 g/mol. The van der Waals surface area contributed by atoms with Crippen LogP contribution in [0.1, 0.15) is 32.9 Å². The molecule has 1 aromatic heterocycles. The molecule has 0 aromatic carbocycles. The van der Waals surface area contributed by atoms with Gasteiger partial charge in [-0.25, -0.2) is 4.68 Å². The second-order valence-electron chi connectivity index (χ2n) is 4.15. The first-order valence-corrected chi connectivity index (χ1v) is 4.56. The molecule has 1 heterocycles. The highest BCUT2D eigenvalue weighted by Gasteiger charge is 2.14. The molecule has 0 fully saturated rings. The predicted molar refractivity (Wildman–Crippen MR) is 50.4 cm³/mol. The summed E-state index contributed by atoms with van der Waals surface area (Å²) < 4.78 is 1.85. The van der Waals surface area contributed by atoms with Crippen LogP contribution in [0.5, 0.6) is 0 Å². The molecule has 0 aliphatic rings. The molecule has 0 amide bonds. The molecule has 0 unspecified atom stereocenters. The molecule has 0 saturated carbocycles. The van der Waals surface area contributed by atoms with Crippen molar-refractivity contribution in [1.82, 2.24) is 15.0 Å². The summed E-state index contributed by atoms with van der Waals surface area (Å²) in [6.07, 6.45) is 3.49. The van der Waals surface area contributed by atoms with Crippen LogP contribution in [0.25, 0.3) is 0 Å². The Morgan fingerprint density at radius 3 is 2.62 bits per heavy atom. The maximum absolute atomic E-state index is 8.64. The summed E-state index contributed by atoms with van der Waals surface area (Å²) in [7, 11) is 0. The summed E-state index contributed by atoms with van der Waals surface area (Å²) in [6, 6.07) is 0. The summed E-state index contributed by atoms with van der Waals surface area (Å²) in [5.74, 6) is 0. The highest BCUT2D eigenvalue weighted by Crippen LogP contribution is 2.12. The first kappa shape index (κ1) is 10.2. The Bertz CT molecular complexity index is 262. The number of nitrogens with zero attached hydrogens (tertiary/aromatic N) is 3. The van der Waals surface area contributed by atoms with Crippen molar-refractivity contribution >= 4 is 0 Å². The van der Waals surface area contributed by atoms with Crippen LogP contribution in [0.3, 0.4) is 0 Å². The molecule has 0 aliphatic heterocycles. The third-order valence-corrected chi connectivity index (χ3v) is 1.82. The van der Waals surface area contributed by atoms with E-state index in [9.17, 15) is 0 Å². The van der Waals surface area contributed by atoms with Crippen molar-refractivity contribution in [3.05, 3.63) is 11.9 Å². The van der Waals surface area contributed by atoms with Crippen LogP contribution >= 0.6 is 0 Å². The van der Waals surface area contributed by atoms with Gasteiger partial charge >= 0.3 is 0 Å². The summed E-state index contributed by atoms with van der Waals surface area (Å²) >= 11 is 0. The van der Waals surface area contributed by atoms with Gasteiger partial charge < -0.3 is 5.11 Å². The van der Waals surface area contributed by atoms with Gasteiger partial charge in [0.25, 0.3) is 0 Å². The zero-order valence-corrected chi connectivity index (χ0v) is 8.49. The molecule has 0 atom stereocenters. The molecule has 0 spiro atoms. The smallest absolute Gasteiger partial charge is 0.0828 e. The fourth-order valence-electron chi connectivity index (χ4n) is 1.00. The van der Waals surface area contributed by atoms with Gasteiger partial charge in [-0.2, -0.15) is 0 Å². The first-order chi connectivity index (χ1) is 6.04. The van der Waals surface area contributed by atoms with E-state index in [-0.39, 0.29) is 12.1 Å². The second-order valence-corrected chi connectivity index (χ2v) is 4.15. The molecular formula is C9H17N3O. The minimum Gasteiger partial charge on any atom is -0.396 e. The lowest BCUT2D eigenvalue weighted by atomic mass is 10.1. The van der Waals surface area contributed by atoms with E-state index < -0.39 is 0 Å². The maximum atomic E-state index is 8.64. The van der Waals surface area contributed by atoms with Gasteiger partial charge in [0.15, 0.2) is 0 Å². The molecule has 1 rings (SSSR count). The molecule has 0 bridgehead atoms. The van der Waals surface area contributed by atoms with Crippen molar-refractivity contribution in [1.29, 1.82) is 0 Å². The largest absolute Gasteiger partial charge is 0.396 e.